The maximum atomic E-state index is 12.3. The molecule has 2 rings (SSSR count). The number of benzene rings is 1. The van der Waals surface area contributed by atoms with Gasteiger partial charge in [0.2, 0.25) is 0 Å². The number of hydrogen-bond donors (Lipinski definition) is 1. The van der Waals surface area contributed by atoms with Crippen molar-refractivity contribution in [2.45, 2.75) is 72.6 Å². The zero-order chi connectivity index (χ0) is 19.0. The van der Waals surface area contributed by atoms with E-state index in [1.165, 1.54) is 55.4 Å². The maximum absolute atomic E-state index is 12.3. The molecule has 2 N–H and O–H groups in total. The van der Waals surface area contributed by atoms with Crippen molar-refractivity contribution in [2.24, 2.45) is 5.73 Å². The van der Waals surface area contributed by atoms with Gasteiger partial charge in [0.15, 0.2) is 0 Å². The molecule has 0 atom stereocenters. The van der Waals surface area contributed by atoms with Crippen molar-refractivity contribution in [1.29, 1.82) is 0 Å². The number of unbranched alkanes of at least 4 members (excludes halogenated alkanes) is 3. The molecule has 0 radical (unpaired) electrons. The minimum absolute atomic E-state index is 0.351. The topological polar surface area (TPSA) is 56.0 Å². The van der Waals surface area contributed by atoms with Crippen LogP contribution in [0, 0.1) is 0 Å². The second-order valence-electron chi connectivity index (χ2n) is 7.53. The number of nitrogens with zero attached hydrogens (tertiary/aromatic N) is 1. The molecule has 0 spiro atoms. The number of amides is 1. The monoisotopic (exact) mass is 462 g/mol. The molecule has 0 aliphatic rings. The summed E-state index contributed by atoms with van der Waals surface area (Å²) < 4.78 is 5.23. The van der Waals surface area contributed by atoms with E-state index in [-0.39, 0.29) is 5.91 Å². The van der Waals surface area contributed by atoms with Gasteiger partial charge < -0.3 is 0 Å². The van der Waals surface area contributed by atoms with Gasteiger partial charge >= 0.3 is 163 Å². The van der Waals surface area contributed by atoms with E-state index in [9.17, 15) is 4.79 Å². The summed E-state index contributed by atoms with van der Waals surface area (Å²) in [7, 11) is 0. The summed E-state index contributed by atoms with van der Waals surface area (Å²) in [6, 6.07) is 10.4. The molecule has 0 aliphatic carbocycles. The quantitative estimate of drug-likeness (QED) is 0.457. The molecule has 142 valence electrons. The first kappa shape index (κ1) is 21.2. The van der Waals surface area contributed by atoms with E-state index in [0.29, 0.717) is 5.69 Å². The van der Waals surface area contributed by atoms with Crippen LogP contribution in [0.4, 0.5) is 0 Å². The molecule has 26 heavy (non-hydrogen) atoms. The number of carbonyl (C=O) groups is 1. The number of fused-ring (bicyclic) bond motifs is 1. The summed E-state index contributed by atoms with van der Waals surface area (Å²) in [5.41, 5.74) is 7.27. The van der Waals surface area contributed by atoms with Crippen molar-refractivity contribution in [2.75, 3.05) is 0 Å². The second-order valence-corrected chi connectivity index (χ2v) is 20.7. The molecule has 3 nitrogen and oxygen atoms in total. The van der Waals surface area contributed by atoms with Crippen LogP contribution in [0.1, 0.15) is 69.8 Å². The molecule has 1 heterocycles. The number of carbonyl (C=O) groups excluding carboxylic acids is 1. The van der Waals surface area contributed by atoms with Crippen molar-refractivity contribution >= 4 is 38.8 Å². The molecule has 0 bridgehead atoms. The third kappa shape index (κ3) is 4.99. The van der Waals surface area contributed by atoms with E-state index < -0.39 is 18.4 Å². The van der Waals surface area contributed by atoms with Crippen LogP contribution >= 0.6 is 0 Å². The summed E-state index contributed by atoms with van der Waals surface area (Å²) >= 11 is -2.76. The second kappa shape index (κ2) is 10.3. The Kier molecular flexibility index (Phi) is 8.39. The SMILES string of the molecule is CCC[CH2][Sn]([CH2]CCC)([CH2]CCC)[c]1cc2ccccc2nc1C(N)=O. The molecule has 0 saturated heterocycles. The first-order valence-electron chi connectivity index (χ1n) is 10.3. The average Bonchev–Trinajstić information content (AvgIpc) is 2.66. The van der Waals surface area contributed by atoms with Gasteiger partial charge in [-0.2, -0.15) is 0 Å². The van der Waals surface area contributed by atoms with Crippen LogP contribution in [0.5, 0.6) is 0 Å². The Labute approximate surface area is 162 Å². The van der Waals surface area contributed by atoms with E-state index in [1.807, 2.05) is 12.1 Å². The minimum atomic E-state index is -2.76. The third-order valence-corrected chi connectivity index (χ3v) is 21.1. The zero-order valence-electron chi connectivity index (χ0n) is 16.7. The molecule has 1 amide bonds. The number of hydrogen-bond acceptors (Lipinski definition) is 2. The van der Waals surface area contributed by atoms with Gasteiger partial charge in [0, 0.05) is 0 Å². The van der Waals surface area contributed by atoms with E-state index in [4.69, 9.17) is 10.7 Å². The fourth-order valence-corrected chi connectivity index (χ4v) is 20.6. The first-order valence-corrected chi connectivity index (χ1v) is 17.8. The number of primary amides is 1. The van der Waals surface area contributed by atoms with Crippen LogP contribution in [0.2, 0.25) is 13.3 Å². The summed E-state index contributed by atoms with van der Waals surface area (Å²) in [4.78, 5) is 17.1. The van der Waals surface area contributed by atoms with Gasteiger partial charge in [-0.1, -0.05) is 0 Å². The fourth-order valence-electron chi connectivity index (χ4n) is 4.03. The number of aromatic nitrogens is 1. The molecule has 1 aromatic carbocycles. The Morgan fingerprint density at radius 1 is 0.962 bits per heavy atom. The van der Waals surface area contributed by atoms with Gasteiger partial charge in [-0.15, -0.1) is 0 Å². The van der Waals surface area contributed by atoms with Crippen LogP contribution in [0.3, 0.4) is 0 Å². The van der Waals surface area contributed by atoms with Crippen molar-refractivity contribution in [3.63, 3.8) is 0 Å². The van der Waals surface area contributed by atoms with Crippen LogP contribution in [-0.2, 0) is 0 Å². The molecule has 1 aromatic heterocycles. The Bertz CT molecular complexity index is 707. The Morgan fingerprint density at radius 2 is 1.50 bits per heavy atom. The van der Waals surface area contributed by atoms with Crippen molar-refractivity contribution in [3.8, 4) is 0 Å². The van der Waals surface area contributed by atoms with Crippen LogP contribution in [0.15, 0.2) is 30.3 Å². The normalized spacial score (nSPS) is 11.8. The molecular formula is C22H34N2OSn. The molecule has 0 aliphatic heterocycles. The van der Waals surface area contributed by atoms with Gasteiger partial charge in [-0.05, 0) is 0 Å². The predicted molar refractivity (Wildman–Crippen MR) is 115 cm³/mol. The van der Waals surface area contributed by atoms with Crippen molar-refractivity contribution in [1.82, 2.24) is 4.98 Å². The van der Waals surface area contributed by atoms with Crippen LogP contribution in [-0.4, -0.2) is 29.3 Å². The standard InChI is InChI=1S/C10H7N2O.3C4H9.Sn/c11-10(13)9-6-5-7-3-1-2-4-8(7)12-9;3*1-3-4-2;/h1-5H,(H2,11,13);3*1,3-4H2,2H3;. The Balaban J connectivity index is 2.65. The molecule has 4 heteroatoms. The van der Waals surface area contributed by atoms with Crippen LogP contribution < -0.4 is 9.31 Å². The number of nitrogens with two attached hydrogens (primary N) is 1. The van der Waals surface area contributed by atoms with Gasteiger partial charge in [0.25, 0.3) is 0 Å². The van der Waals surface area contributed by atoms with Crippen molar-refractivity contribution < 1.29 is 4.79 Å². The molecule has 0 unspecified atom stereocenters. The van der Waals surface area contributed by atoms with E-state index in [1.54, 1.807) is 0 Å². The van der Waals surface area contributed by atoms with Gasteiger partial charge in [-0.25, -0.2) is 0 Å². The Hall–Kier alpha value is -1.10. The zero-order valence-corrected chi connectivity index (χ0v) is 19.5. The molecule has 0 saturated carbocycles. The number of rotatable bonds is 11. The predicted octanol–water partition coefficient (Wildman–Crippen LogP) is 5.39. The third-order valence-electron chi connectivity index (χ3n) is 5.56. The fraction of sp³-hybridized carbons (Fsp3) is 0.545. The van der Waals surface area contributed by atoms with E-state index >= 15 is 0 Å². The van der Waals surface area contributed by atoms with Gasteiger partial charge in [0.1, 0.15) is 0 Å². The Morgan fingerprint density at radius 3 is 2.00 bits per heavy atom. The summed E-state index contributed by atoms with van der Waals surface area (Å²) in [6.07, 6.45) is 7.41. The average molecular weight is 461 g/mol. The molecular weight excluding hydrogens is 427 g/mol. The van der Waals surface area contributed by atoms with Crippen LogP contribution in [0.25, 0.3) is 10.9 Å². The summed E-state index contributed by atoms with van der Waals surface area (Å²) in [5, 5.41) is 1.15. The van der Waals surface area contributed by atoms with Gasteiger partial charge in [-0.3, -0.25) is 0 Å². The van der Waals surface area contributed by atoms with Crippen molar-refractivity contribution in [3.05, 3.63) is 36.0 Å². The van der Waals surface area contributed by atoms with E-state index in [2.05, 4.69) is 39.0 Å². The van der Waals surface area contributed by atoms with Gasteiger partial charge in [0.05, 0.1) is 0 Å². The number of pyridine rings is 1. The van der Waals surface area contributed by atoms with E-state index in [0.717, 1.165) is 10.9 Å². The molecule has 2 aromatic rings. The molecule has 0 fully saturated rings. The first-order chi connectivity index (χ1) is 12.6. The number of para-hydroxylation sites is 1. The summed E-state index contributed by atoms with van der Waals surface area (Å²) in [5.74, 6) is -0.351. The summed E-state index contributed by atoms with van der Waals surface area (Å²) in [6.45, 7) is 6.80.